The summed E-state index contributed by atoms with van der Waals surface area (Å²) in [5.41, 5.74) is 5.40. The average molecular weight is 300 g/mol. The van der Waals surface area contributed by atoms with Gasteiger partial charge < -0.3 is 10.1 Å². The van der Waals surface area contributed by atoms with Crippen LogP contribution >= 0.6 is 12.2 Å². The molecule has 0 aliphatic heterocycles. The Kier molecular flexibility index (Phi) is 5.22. The number of pyridine rings is 1. The van der Waals surface area contributed by atoms with Crippen LogP contribution in [0.5, 0.6) is 5.75 Å². The molecule has 0 unspecified atom stereocenters. The van der Waals surface area contributed by atoms with E-state index in [2.05, 4.69) is 20.8 Å². The highest BCUT2D eigenvalue weighted by Gasteiger charge is 2.03. The Labute approximate surface area is 129 Å². The Morgan fingerprint density at radius 3 is 2.62 bits per heavy atom. The summed E-state index contributed by atoms with van der Waals surface area (Å²) in [6, 6.07) is 11.3. The minimum Gasteiger partial charge on any atom is -0.495 e. The van der Waals surface area contributed by atoms with Gasteiger partial charge in [-0.2, -0.15) is 5.10 Å². The van der Waals surface area contributed by atoms with Gasteiger partial charge in [-0.05, 0) is 43.4 Å². The van der Waals surface area contributed by atoms with Crippen molar-refractivity contribution in [1.82, 2.24) is 10.4 Å². The predicted octanol–water partition coefficient (Wildman–Crippen LogP) is 2.80. The molecule has 2 N–H and O–H groups in total. The van der Waals surface area contributed by atoms with Crippen molar-refractivity contribution >= 4 is 28.7 Å². The summed E-state index contributed by atoms with van der Waals surface area (Å²) >= 11 is 5.21. The Morgan fingerprint density at radius 1 is 1.19 bits per heavy atom. The van der Waals surface area contributed by atoms with Crippen molar-refractivity contribution in [1.29, 1.82) is 0 Å². The Morgan fingerprint density at radius 2 is 1.90 bits per heavy atom. The SMILES string of the molecule is COc1ccccc1NC(=S)N/N=C(/C)c1ccncc1. The van der Waals surface area contributed by atoms with E-state index in [1.54, 1.807) is 19.5 Å². The van der Waals surface area contributed by atoms with Crippen LogP contribution in [-0.4, -0.2) is 22.9 Å². The molecule has 0 fully saturated rings. The van der Waals surface area contributed by atoms with Gasteiger partial charge in [0, 0.05) is 18.0 Å². The number of rotatable bonds is 4. The van der Waals surface area contributed by atoms with Crippen LogP contribution in [-0.2, 0) is 0 Å². The van der Waals surface area contributed by atoms with Crippen LogP contribution in [0.3, 0.4) is 0 Å². The molecular weight excluding hydrogens is 284 g/mol. The van der Waals surface area contributed by atoms with E-state index >= 15 is 0 Å². The molecule has 2 rings (SSSR count). The summed E-state index contributed by atoms with van der Waals surface area (Å²) in [7, 11) is 1.61. The quantitative estimate of drug-likeness (QED) is 0.516. The minimum absolute atomic E-state index is 0.396. The lowest BCUT2D eigenvalue weighted by molar-refractivity contribution is 0.417. The van der Waals surface area contributed by atoms with Crippen molar-refractivity contribution in [3.8, 4) is 5.75 Å². The fourth-order valence-electron chi connectivity index (χ4n) is 1.69. The summed E-state index contributed by atoms with van der Waals surface area (Å²) in [5, 5.41) is 7.68. The first kappa shape index (κ1) is 14.9. The molecule has 21 heavy (non-hydrogen) atoms. The van der Waals surface area contributed by atoms with Crippen LogP contribution in [0.4, 0.5) is 5.69 Å². The molecule has 6 heteroatoms. The lowest BCUT2D eigenvalue weighted by Crippen LogP contribution is -2.25. The van der Waals surface area contributed by atoms with Gasteiger partial charge in [0.25, 0.3) is 0 Å². The highest BCUT2D eigenvalue weighted by atomic mass is 32.1. The normalized spacial score (nSPS) is 10.9. The molecule has 0 radical (unpaired) electrons. The largest absolute Gasteiger partial charge is 0.495 e. The van der Waals surface area contributed by atoms with Crippen LogP contribution in [0.1, 0.15) is 12.5 Å². The second-order valence-corrected chi connectivity index (χ2v) is 4.61. The smallest absolute Gasteiger partial charge is 0.191 e. The number of hydrogen-bond donors (Lipinski definition) is 2. The third-order valence-corrected chi connectivity index (χ3v) is 2.97. The van der Waals surface area contributed by atoms with E-state index in [0.717, 1.165) is 22.7 Å². The number of nitrogens with one attached hydrogen (secondary N) is 2. The van der Waals surface area contributed by atoms with Crippen molar-refractivity contribution in [2.24, 2.45) is 5.10 Å². The van der Waals surface area contributed by atoms with Crippen LogP contribution in [0.15, 0.2) is 53.9 Å². The molecule has 5 nitrogen and oxygen atoms in total. The van der Waals surface area contributed by atoms with Gasteiger partial charge in [-0.25, -0.2) is 0 Å². The van der Waals surface area contributed by atoms with E-state index in [9.17, 15) is 0 Å². The molecule has 0 saturated carbocycles. The number of aromatic nitrogens is 1. The van der Waals surface area contributed by atoms with Gasteiger partial charge >= 0.3 is 0 Å². The fraction of sp³-hybridized carbons (Fsp3) is 0.133. The average Bonchev–Trinajstić information content (AvgIpc) is 2.54. The van der Waals surface area contributed by atoms with Gasteiger partial charge in [-0.3, -0.25) is 10.4 Å². The topological polar surface area (TPSA) is 58.5 Å². The van der Waals surface area contributed by atoms with E-state index in [1.165, 1.54) is 0 Å². The molecule has 0 aliphatic rings. The van der Waals surface area contributed by atoms with E-state index in [1.807, 2.05) is 43.3 Å². The van der Waals surface area contributed by atoms with Crippen molar-refractivity contribution in [3.05, 3.63) is 54.4 Å². The van der Waals surface area contributed by atoms with Gasteiger partial charge in [-0.15, -0.1) is 0 Å². The van der Waals surface area contributed by atoms with Gasteiger partial charge in [0.2, 0.25) is 0 Å². The third-order valence-electron chi connectivity index (χ3n) is 2.78. The van der Waals surface area contributed by atoms with E-state index in [4.69, 9.17) is 17.0 Å². The number of hydrogen-bond acceptors (Lipinski definition) is 4. The van der Waals surface area contributed by atoms with Gasteiger partial charge in [0.1, 0.15) is 5.75 Å². The first-order valence-electron chi connectivity index (χ1n) is 6.35. The number of anilines is 1. The van der Waals surface area contributed by atoms with Crippen molar-refractivity contribution in [2.45, 2.75) is 6.92 Å². The van der Waals surface area contributed by atoms with Crippen LogP contribution in [0, 0.1) is 0 Å². The summed E-state index contributed by atoms with van der Waals surface area (Å²) in [4.78, 5) is 3.97. The number of hydrazone groups is 1. The maximum Gasteiger partial charge on any atom is 0.191 e. The van der Waals surface area contributed by atoms with Gasteiger partial charge in [0.15, 0.2) is 5.11 Å². The predicted molar refractivity (Wildman–Crippen MR) is 88.8 cm³/mol. The lowest BCUT2D eigenvalue weighted by Gasteiger charge is -2.11. The number of methoxy groups -OCH3 is 1. The van der Waals surface area contributed by atoms with E-state index in [0.29, 0.717) is 5.11 Å². The van der Waals surface area contributed by atoms with Crippen LogP contribution < -0.4 is 15.5 Å². The summed E-state index contributed by atoms with van der Waals surface area (Å²) in [6.07, 6.45) is 3.44. The first-order chi connectivity index (χ1) is 10.2. The van der Waals surface area contributed by atoms with Crippen LogP contribution in [0.2, 0.25) is 0 Å². The molecule has 0 saturated heterocycles. The van der Waals surface area contributed by atoms with Gasteiger partial charge in [0.05, 0.1) is 18.5 Å². The standard InChI is InChI=1S/C15H16N4OS/c1-11(12-7-9-16-10-8-12)18-19-15(21)17-13-5-3-4-6-14(13)20-2/h3-10H,1-2H3,(H2,17,19,21)/b18-11-. The number of para-hydroxylation sites is 2. The molecule has 0 atom stereocenters. The zero-order chi connectivity index (χ0) is 15.1. The molecule has 1 aromatic heterocycles. The fourth-order valence-corrected chi connectivity index (χ4v) is 1.85. The third kappa shape index (κ3) is 4.25. The molecule has 0 amide bonds. The first-order valence-corrected chi connectivity index (χ1v) is 6.76. The number of nitrogens with zero attached hydrogens (tertiary/aromatic N) is 2. The maximum absolute atomic E-state index is 5.25. The van der Waals surface area contributed by atoms with Gasteiger partial charge in [-0.1, -0.05) is 12.1 Å². The van der Waals surface area contributed by atoms with Crippen molar-refractivity contribution in [2.75, 3.05) is 12.4 Å². The molecular formula is C15H16N4OS. The Bertz CT molecular complexity index is 643. The van der Waals surface area contributed by atoms with Crippen LogP contribution in [0.25, 0.3) is 0 Å². The summed E-state index contributed by atoms with van der Waals surface area (Å²) < 4.78 is 5.25. The number of ether oxygens (including phenoxy) is 1. The zero-order valence-corrected chi connectivity index (χ0v) is 12.6. The number of benzene rings is 1. The van der Waals surface area contributed by atoms with E-state index < -0.39 is 0 Å². The Balaban J connectivity index is 1.99. The second kappa shape index (κ2) is 7.35. The molecule has 108 valence electrons. The number of thiocarbonyl (C=S) groups is 1. The highest BCUT2D eigenvalue weighted by molar-refractivity contribution is 7.80. The highest BCUT2D eigenvalue weighted by Crippen LogP contribution is 2.22. The molecule has 0 aliphatic carbocycles. The zero-order valence-electron chi connectivity index (χ0n) is 11.8. The molecule has 0 bridgehead atoms. The van der Waals surface area contributed by atoms with Crippen molar-refractivity contribution in [3.63, 3.8) is 0 Å². The van der Waals surface area contributed by atoms with E-state index in [-0.39, 0.29) is 0 Å². The molecule has 1 aromatic carbocycles. The Hall–Kier alpha value is -2.47. The summed E-state index contributed by atoms with van der Waals surface area (Å²) in [5.74, 6) is 0.719. The molecule has 0 spiro atoms. The second-order valence-electron chi connectivity index (χ2n) is 4.20. The maximum atomic E-state index is 5.25. The summed E-state index contributed by atoms with van der Waals surface area (Å²) in [6.45, 7) is 1.90. The van der Waals surface area contributed by atoms with Crippen molar-refractivity contribution < 1.29 is 4.74 Å². The molecule has 2 aromatic rings. The minimum atomic E-state index is 0.396. The lowest BCUT2D eigenvalue weighted by atomic mass is 10.2. The molecule has 1 heterocycles. The monoisotopic (exact) mass is 300 g/mol.